The molecule has 35 heavy (non-hydrogen) atoms. The summed E-state index contributed by atoms with van der Waals surface area (Å²) in [5, 5.41) is 2.17. The molecule has 2 aromatic carbocycles. The van der Waals surface area contributed by atoms with Crippen LogP contribution in [-0.2, 0) is 16.1 Å². The van der Waals surface area contributed by atoms with Gasteiger partial charge in [0.25, 0.3) is 0 Å². The second kappa shape index (κ2) is 10.9. The zero-order valence-corrected chi connectivity index (χ0v) is 22.2. The Labute approximate surface area is 210 Å². The molecular weight excluding hydrogens is 440 g/mol. The highest BCUT2D eigenvalue weighted by Crippen LogP contribution is 2.39. The van der Waals surface area contributed by atoms with E-state index in [1.54, 1.807) is 0 Å². The molecule has 0 radical (unpaired) electrons. The quantitative estimate of drug-likeness (QED) is 0.492. The Balaban J connectivity index is 1.67. The van der Waals surface area contributed by atoms with Gasteiger partial charge < -0.3 is 20.1 Å². The molecule has 0 bridgehead atoms. The third-order valence-corrected chi connectivity index (χ3v) is 6.73. The van der Waals surface area contributed by atoms with E-state index in [0.717, 1.165) is 40.8 Å². The Morgan fingerprint density at radius 1 is 0.943 bits per heavy atom. The number of hydrogen-bond acceptors (Lipinski definition) is 4. The number of benzene rings is 2. The number of rotatable bonds is 7. The summed E-state index contributed by atoms with van der Waals surface area (Å²) in [5.74, 6) is 1.22. The van der Waals surface area contributed by atoms with Crippen LogP contribution in [0.3, 0.4) is 0 Å². The Morgan fingerprint density at radius 3 is 2.17 bits per heavy atom. The first-order valence-electron chi connectivity index (χ1n) is 12.8. The fraction of sp³-hybridized carbons (Fsp3) is 0.586. The summed E-state index contributed by atoms with van der Waals surface area (Å²) in [6, 6.07) is 12.3. The highest BCUT2D eigenvalue weighted by atomic mass is 16.6. The number of ether oxygens (including phenoxy) is 2. The van der Waals surface area contributed by atoms with Gasteiger partial charge in [0.2, 0.25) is 5.91 Å². The molecule has 0 aromatic heterocycles. The number of nitrogens with two attached hydrogens (primary N) is 1. The molecule has 0 aliphatic heterocycles. The average Bonchev–Trinajstić information content (AvgIpc) is 2.75. The van der Waals surface area contributed by atoms with Crippen molar-refractivity contribution < 1.29 is 19.1 Å². The smallest absolute Gasteiger partial charge is 0.410 e. The van der Waals surface area contributed by atoms with Gasteiger partial charge in [0.1, 0.15) is 11.4 Å². The number of carbonyl (C=O) groups is 2. The molecular formula is C29H42N2O4. The predicted molar refractivity (Wildman–Crippen MR) is 140 cm³/mol. The normalized spacial score (nSPS) is 18.8. The Hall–Kier alpha value is -2.76. The lowest BCUT2D eigenvalue weighted by Crippen LogP contribution is -2.38. The van der Waals surface area contributed by atoms with Gasteiger partial charge in [-0.05, 0) is 92.3 Å². The van der Waals surface area contributed by atoms with Gasteiger partial charge in [-0.25, -0.2) is 4.79 Å². The van der Waals surface area contributed by atoms with Crippen molar-refractivity contribution in [3.05, 3.63) is 42.0 Å². The second-order valence-corrected chi connectivity index (χ2v) is 11.9. The molecule has 0 heterocycles. The minimum absolute atomic E-state index is 0.0885. The number of fused-ring (bicyclic) bond motifs is 1. The van der Waals surface area contributed by atoms with Crippen molar-refractivity contribution in [1.29, 1.82) is 0 Å². The van der Waals surface area contributed by atoms with Gasteiger partial charge in [-0.2, -0.15) is 0 Å². The van der Waals surface area contributed by atoms with Crippen molar-refractivity contribution in [3.63, 3.8) is 0 Å². The van der Waals surface area contributed by atoms with E-state index in [1.807, 2.05) is 32.9 Å². The van der Waals surface area contributed by atoms with E-state index in [4.69, 9.17) is 15.2 Å². The molecule has 2 N–H and O–H groups in total. The lowest BCUT2D eigenvalue weighted by atomic mass is 9.72. The molecule has 0 spiro atoms. The summed E-state index contributed by atoms with van der Waals surface area (Å²) in [4.78, 5) is 25.5. The lowest BCUT2D eigenvalue weighted by Gasteiger charge is -2.37. The summed E-state index contributed by atoms with van der Waals surface area (Å²) in [6.07, 6.45) is 4.55. The van der Waals surface area contributed by atoms with Crippen molar-refractivity contribution in [3.8, 4) is 5.75 Å². The van der Waals surface area contributed by atoms with E-state index in [1.165, 1.54) is 17.7 Å². The maximum atomic E-state index is 12.7. The van der Waals surface area contributed by atoms with Crippen LogP contribution in [0.1, 0.15) is 79.2 Å². The largest absolute Gasteiger partial charge is 0.490 e. The van der Waals surface area contributed by atoms with Crippen molar-refractivity contribution in [2.75, 3.05) is 6.54 Å². The number of hydrogen-bond donors (Lipinski definition) is 1. The Morgan fingerprint density at radius 2 is 1.57 bits per heavy atom. The van der Waals surface area contributed by atoms with Gasteiger partial charge in [0, 0.05) is 19.5 Å². The Bertz CT molecular complexity index is 1030. The van der Waals surface area contributed by atoms with Crippen LogP contribution in [0.2, 0.25) is 0 Å². The van der Waals surface area contributed by atoms with Crippen molar-refractivity contribution in [2.24, 2.45) is 17.1 Å². The van der Waals surface area contributed by atoms with Gasteiger partial charge in [0.05, 0.1) is 6.10 Å². The van der Waals surface area contributed by atoms with Crippen LogP contribution in [0, 0.1) is 11.3 Å². The van der Waals surface area contributed by atoms with Crippen LogP contribution in [0.25, 0.3) is 10.8 Å². The molecule has 1 fully saturated rings. The zero-order valence-electron chi connectivity index (χ0n) is 22.2. The molecule has 2 aromatic rings. The number of amides is 2. The summed E-state index contributed by atoms with van der Waals surface area (Å²) in [6.45, 7) is 13.0. The highest BCUT2D eigenvalue weighted by Gasteiger charge is 2.30. The van der Waals surface area contributed by atoms with Gasteiger partial charge in [-0.1, -0.05) is 39.0 Å². The lowest BCUT2D eigenvalue weighted by molar-refractivity contribution is -0.118. The van der Waals surface area contributed by atoms with Crippen LogP contribution < -0.4 is 10.5 Å². The topological polar surface area (TPSA) is 81.9 Å². The van der Waals surface area contributed by atoms with Gasteiger partial charge in [0.15, 0.2) is 0 Å². The fourth-order valence-electron chi connectivity index (χ4n) is 4.71. The minimum Gasteiger partial charge on any atom is -0.490 e. The van der Waals surface area contributed by atoms with Crippen LogP contribution in [-0.4, -0.2) is 35.2 Å². The van der Waals surface area contributed by atoms with Crippen molar-refractivity contribution in [1.82, 2.24) is 4.90 Å². The molecule has 0 unspecified atom stereocenters. The first-order valence-corrected chi connectivity index (χ1v) is 12.8. The number of nitrogens with zero attached hydrogens (tertiary/aromatic N) is 1. The molecule has 0 atom stereocenters. The molecule has 3 rings (SSSR count). The maximum Gasteiger partial charge on any atom is 0.410 e. The van der Waals surface area contributed by atoms with Crippen molar-refractivity contribution in [2.45, 2.75) is 91.9 Å². The summed E-state index contributed by atoms with van der Waals surface area (Å²) in [5.41, 5.74) is 6.02. The molecule has 1 saturated carbocycles. The highest BCUT2D eigenvalue weighted by molar-refractivity contribution is 5.84. The van der Waals surface area contributed by atoms with Gasteiger partial charge >= 0.3 is 6.09 Å². The number of carbonyl (C=O) groups excluding carboxylic acids is 2. The van der Waals surface area contributed by atoms with E-state index in [9.17, 15) is 9.59 Å². The molecule has 0 saturated heterocycles. The van der Waals surface area contributed by atoms with Crippen molar-refractivity contribution >= 4 is 22.8 Å². The second-order valence-electron chi connectivity index (χ2n) is 11.9. The third kappa shape index (κ3) is 8.15. The first kappa shape index (κ1) is 26.8. The van der Waals surface area contributed by atoms with E-state index < -0.39 is 17.6 Å². The van der Waals surface area contributed by atoms with Crippen LogP contribution >= 0.6 is 0 Å². The van der Waals surface area contributed by atoms with Gasteiger partial charge in [-0.15, -0.1) is 0 Å². The van der Waals surface area contributed by atoms with E-state index in [2.05, 4.69) is 45.0 Å². The van der Waals surface area contributed by atoms with Crippen LogP contribution in [0.5, 0.6) is 5.75 Å². The molecule has 6 nitrogen and oxygen atoms in total. The van der Waals surface area contributed by atoms with Gasteiger partial charge in [-0.3, -0.25) is 4.79 Å². The standard InChI is InChI=1S/C29H42N2O4/c1-28(2,3)23-10-13-24(14-11-23)34-25-12-9-21-17-20(7-8-22(21)18-25)19-31(16-15-26(30)32)27(33)35-29(4,5)6/h7-9,12,17-18,23-24H,10-11,13-16,19H2,1-6H3,(H2,30,32). The summed E-state index contributed by atoms with van der Waals surface area (Å²) < 4.78 is 11.9. The molecule has 1 aliphatic rings. The molecule has 6 heteroatoms. The minimum atomic E-state index is -0.617. The Kier molecular flexibility index (Phi) is 8.34. The van der Waals surface area contributed by atoms with E-state index in [0.29, 0.717) is 12.0 Å². The van der Waals surface area contributed by atoms with Crippen LogP contribution in [0.4, 0.5) is 4.79 Å². The summed E-state index contributed by atoms with van der Waals surface area (Å²) >= 11 is 0. The zero-order chi connectivity index (χ0) is 25.8. The summed E-state index contributed by atoms with van der Waals surface area (Å²) in [7, 11) is 0. The maximum absolute atomic E-state index is 12.7. The fourth-order valence-corrected chi connectivity index (χ4v) is 4.71. The predicted octanol–water partition coefficient (Wildman–Crippen LogP) is 6.44. The average molecular weight is 483 g/mol. The SMILES string of the molecule is CC(C)(C)OC(=O)N(CCC(N)=O)Cc1ccc2cc(OC3CCC(C(C)(C)C)CC3)ccc2c1. The molecule has 1 aliphatic carbocycles. The van der Waals surface area contributed by atoms with E-state index >= 15 is 0 Å². The van der Waals surface area contributed by atoms with Crippen LogP contribution in [0.15, 0.2) is 36.4 Å². The van der Waals surface area contributed by atoms with E-state index in [-0.39, 0.29) is 19.1 Å². The first-order chi connectivity index (χ1) is 16.3. The molecule has 192 valence electrons. The third-order valence-electron chi connectivity index (χ3n) is 6.73. The number of primary amides is 1. The molecule has 2 amide bonds. The monoisotopic (exact) mass is 482 g/mol.